The van der Waals surface area contributed by atoms with E-state index in [0.717, 1.165) is 0 Å². The van der Waals surface area contributed by atoms with Gasteiger partial charge in [0, 0.05) is 10.9 Å². The molecule has 0 aliphatic carbocycles. The first kappa shape index (κ1) is 11.9. The number of rotatable bonds is 0. The van der Waals surface area contributed by atoms with E-state index in [1.54, 1.807) is 30.3 Å². The lowest BCUT2D eigenvalue weighted by Gasteiger charge is -2.05. The Morgan fingerprint density at radius 2 is 1.65 bits per heavy atom. The standard InChI is InChI=1S/C15H8ClNO2S/c16-13-9-5-1-3-7-11(9)17-14-10-6-2-4-8-12(10)20(18,19)15(13)14/h1-8H. The predicted molar refractivity (Wildman–Crippen MR) is 77.6 cm³/mol. The van der Waals surface area contributed by atoms with Gasteiger partial charge in [0.05, 0.1) is 21.1 Å². The Labute approximate surface area is 120 Å². The van der Waals surface area contributed by atoms with Gasteiger partial charge in [-0.15, -0.1) is 0 Å². The van der Waals surface area contributed by atoms with Gasteiger partial charge in [-0.05, 0) is 12.1 Å². The second-order valence-electron chi connectivity index (χ2n) is 4.62. The Kier molecular flexibility index (Phi) is 2.26. The van der Waals surface area contributed by atoms with E-state index in [1.165, 1.54) is 0 Å². The largest absolute Gasteiger partial charge is 0.246 e. The van der Waals surface area contributed by atoms with E-state index in [9.17, 15) is 8.42 Å². The minimum absolute atomic E-state index is 0.124. The molecular weight excluding hydrogens is 294 g/mol. The summed E-state index contributed by atoms with van der Waals surface area (Å²) in [4.78, 5) is 4.89. The Balaban J connectivity index is 2.27. The van der Waals surface area contributed by atoms with Crippen molar-refractivity contribution in [2.45, 2.75) is 9.79 Å². The van der Waals surface area contributed by atoms with Gasteiger partial charge in [0.25, 0.3) is 0 Å². The van der Waals surface area contributed by atoms with Gasteiger partial charge in [-0.3, -0.25) is 0 Å². The van der Waals surface area contributed by atoms with E-state index in [2.05, 4.69) is 4.98 Å². The molecule has 2 heterocycles. The summed E-state index contributed by atoms with van der Waals surface area (Å²) in [6, 6.07) is 14.1. The molecule has 1 aromatic heterocycles. The lowest BCUT2D eigenvalue weighted by atomic mass is 10.1. The van der Waals surface area contributed by atoms with Crippen molar-refractivity contribution in [3.05, 3.63) is 53.6 Å². The number of nitrogens with zero attached hydrogens (tertiary/aromatic N) is 1. The summed E-state index contributed by atoms with van der Waals surface area (Å²) in [5.41, 5.74) is 1.77. The average molecular weight is 302 g/mol. The van der Waals surface area contributed by atoms with Crippen LogP contribution in [-0.4, -0.2) is 13.4 Å². The Hall–Kier alpha value is -1.91. The molecular formula is C15H8ClNO2S. The number of fused-ring (bicyclic) bond motifs is 4. The molecule has 98 valence electrons. The van der Waals surface area contributed by atoms with Crippen LogP contribution in [0.3, 0.4) is 0 Å². The van der Waals surface area contributed by atoms with Crippen LogP contribution in [-0.2, 0) is 9.84 Å². The van der Waals surface area contributed by atoms with Crippen LogP contribution in [0.5, 0.6) is 0 Å². The highest BCUT2D eigenvalue weighted by Crippen LogP contribution is 2.46. The fraction of sp³-hybridized carbons (Fsp3) is 0. The number of para-hydroxylation sites is 1. The number of pyridine rings is 1. The van der Waals surface area contributed by atoms with Crippen LogP contribution in [0.15, 0.2) is 58.3 Å². The molecule has 0 radical (unpaired) electrons. The zero-order chi connectivity index (χ0) is 13.9. The summed E-state index contributed by atoms with van der Waals surface area (Å²) < 4.78 is 25.2. The summed E-state index contributed by atoms with van der Waals surface area (Å²) in [6.45, 7) is 0. The van der Waals surface area contributed by atoms with Gasteiger partial charge in [0.15, 0.2) is 0 Å². The van der Waals surface area contributed by atoms with Gasteiger partial charge >= 0.3 is 0 Å². The highest BCUT2D eigenvalue weighted by atomic mass is 35.5. The molecule has 1 aliphatic rings. The van der Waals surface area contributed by atoms with E-state index >= 15 is 0 Å². The first-order valence-corrected chi connectivity index (χ1v) is 7.89. The smallest absolute Gasteiger partial charge is 0.210 e. The van der Waals surface area contributed by atoms with Gasteiger partial charge in [0.2, 0.25) is 9.84 Å². The van der Waals surface area contributed by atoms with Gasteiger partial charge in [0.1, 0.15) is 4.90 Å². The van der Waals surface area contributed by atoms with Crippen LogP contribution in [0, 0.1) is 0 Å². The number of hydrogen-bond donors (Lipinski definition) is 0. The molecule has 3 aromatic rings. The van der Waals surface area contributed by atoms with Crippen molar-refractivity contribution in [3.8, 4) is 11.3 Å². The molecule has 0 amide bonds. The maximum absolute atomic E-state index is 12.6. The minimum Gasteiger partial charge on any atom is -0.246 e. The maximum Gasteiger partial charge on any atom is 0.210 e. The lowest BCUT2D eigenvalue weighted by molar-refractivity contribution is 0.598. The number of halogens is 1. The maximum atomic E-state index is 12.6. The zero-order valence-electron chi connectivity index (χ0n) is 10.2. The zero-order valence-corrected chi connectivity index (χ0v) is 11.7. The number of sulfone groups is 1. The molecule has 20 heavy (non-hydrogen) atoms. The first-order chi connectivity index (χ1) is 9.60. The lowest BCUT2D eigenvalue weighted by Crippen LogP contribution is -1.98. The molecule has 0 atom stereocenters. The van der Waals surface area contributed by atoms with E-state index < -0.39 is 9.84 Å². The van der Waals surface area contributed by atoms with Crippen molar-refractivity contribution in [1.29, 1.82) is 0 Å². The average Bonchev–Trinajstić information content (AvgIpc) is 2.69. The third-order valence-corrected chi connectivity index (χ3v) is 5.86. The highest BCUT2D eigenvalue weighted by molar-refractivity contribution is 7.92. The quantitative estimate of drug-likeness (QED) is 0.497. The molecule has 4 rings (SSSR count). The van der Waals surface area contributed by atoms with E-state index in [4.69, 9.17) is 11.6 Å². The second-order valence-corrected chi connectivity index (χ2v) is 6.85. The van der Waals surface area contributed by atoms with E-state index in [0.29, 0.717) is 22.2 Å². The van der Waals surface area contributed by atoms with Crippen LogP contribution in [0.2, 0.25) is 5.02 Å². The summed E-state index contributed by atoms with van der Waals surface area (Å²) in [6.07, 6.45) is 0. The summed E-state index contributed by atoms with van der Waals surface area (Å²) in [5, 5.41) is 0.908. The van der Waals surface area contributed by atoms with Gasteiger partial charge < -0.3 is 0 Å². The number of aromatic nitrogens is 1. The van der Waals surface area contributed by atoms with Crippen LogP contribution in [0.1, 0.15) is 0 Å². The molecule has 0 saturated carbocycles. The molecule has 0 spiro atoms. The second kappa shape index (κ2) is 3.81. The van der Waals surface area contributed by atoms with Gasteiger partial charge in [-0.1, -0.05) is 48.0 Å². The SMILES string of the molecule is O=S1(=O)c2ccccc2-c2nc3ccccc3c(Cl)c21. The molecule has 5 heteroatoms. The van der Waals surface area contributed by atoms with Crippen molar-refractivity contribution in [1.82, 2.24) is 4.98 Å². The van der Waals surface area contributed by atoms with Crippen LogP contribution in [0.25, 0.3) is 22.2 Å². The molecule has 0 bridgehead atoms. The normalized spacial score (nSPS) is 15.1. The van der Waals surface area contributed by atoms with Crippen LogP contribution in [0.4, 0.5) is 0 Å². The van der Waals surface area contributed by atoms with Gasteiger partial charge in [-0.25, -0.2) is 13.4 Å². The summed E-state index contributed by atoms with van der Waals surface area (Å²) in [7, 11) is -3.58. The van der Waals surface area contributed by atoms with E-state index in [-0.39, 0.29) is 14.8 Å². The molecule has 0 unspecified atom stereocenters. The molecule has 0 fully saturated rings. The Morgan fingerprint density at radius 1 is 0.950 bits per heavy atom. The van der Waals surface area contributed by atoms with Gasteiger partial charge in [-0.2, -0.15) is 0 Å². The topological polar surface area (TPSA) is 47.0 Å². The first-order valence-electron chi connectivity index (χ1n) is 6.03. The predicted octanol–water partition coefficient (Wildman–Crippen LogP) is 3.70. The van der Waals surface area contributed by atoms with Crippen molar-refractivity contribution < 1.29 is 8.42 Å². The summed E-state index contributed by atoms with van der Waals surface area (Å²) in [5.74, 6) is 0. The third kappa shape index (κ3) is 1.35. The summed E-state index contributed by atoms with van der Waals surface area (Å²) >= 11 is 6.34. The monoisotopic (exact) mass is 301 g/mol. The number of benzene rings is 2. The molecule has 3 nitrogen and oxygen atoms in total. The third-order valence-electron chi connectivity index (χ3n) is 3.49. The van der Waals surface area contributed by atoms with Crippen molar-refractivity contribution in [2.24, 2.45) is 0 Å². The van der Waals surface area contributed by atoms with Crippen LogP contribution >= 0.6 is 11.6 Å². The van der Waals surface area contributed by atoms with Crippen molar-refractivity contribution in [3.63, 3.8) is 0 Å². The number of hydrogen-bond acceptors (Lipinski definition) is 3. The van der Waals surface area contributed by atoms with Crippen molar-refractivity contribution >= 4 is 32.3 Å². The fourth-order valence-electron chi connectivity index (χ4n) is 2.59. The molecule has 2 aromatic carbocycles. The van der Waals surface area contributed by atoms with Crippen LogP contribution < -0.4 is 0 Å². The van der Waals surface area contributed by atoms with E-state index in [1.807, 2.05) is 18.2 Å². The minimum atomic E-state index is -3.58. The fourth-order valence-corrected chi connectivity index (χ4v) is 4.83. The van der Waals surface area contributed by atoms with Crippen molar-refractivity contribution in [2.75, 3.05) is 0 Å². The molecule has 0 N–H and O–H groups in total. The molecule has 1 aliphatic heterocycles. The molecule has 0 saturated heterocycles. The highest BCUT2D eigenvalue weighted by Gasteiger charge is 2.36. The Bertz CT molecular complexity index is 980. The Morgan fingerprint density at radius 3 is 2.50 bits per heavy atom.